The van der Waals surface area contributed by atoms with E-state index < -0.39 is 0 Å². The highest BCUT2D eigenvalue weighted by molar-refractivity contribution is 5.84. The summed E-state index contributed by atoms with van der Waals surface area (Å²) in [6.07, 6.45) is 16.1. The third kappa shape index (κ3) is 9.44. The Labute approximate surface area is 254 Å². The predicted octanol–water partition coefficient (Wildman–Crippen LogP) is 10.6. The molecule has 0 atom stereocenters. The molecule has 3 rings (SSSR count). The molecule has 4 heteroatoms. The molecule has 0 bridgehead atoms. The van der Waals surface area contributed by atoms with Crippen LogP contribution >= 0.6 is 0 Å². The fourth-order valence-electron chi connectivity index (χ4n) is 6.12. The molecule has 0 saturated carbocycles. The molecule has 2 aromatic rings. The number of Topliss-reactive ketones (excluding diaryl/α,β-unsaturated/α-hetero) is 2. The molecule has 0 N–H and O–H groups in total. The van der Waals surface area contributed by atoms with Crippen LogP contribution in [0.3, 0.4) is 0 Å². The van der Waals surface area contributed by atoms with E-state index in [9.17, 15) is 15.1 Å². The van der Waals surface area contributed by atoms with Gasteiger partial charge in [0, 0.05) is 35.1 Å². The zero-order valence-corrected chi connectivity index (χ0v) is 26.6. The average molecular weight is 569 g/mol. The van der Waals surface area contributed by atoms with Crippen LogP contribution in [0.2, 0.25) is 0 Å². The van der Waals surface area contributed by atoms with Crippen LogP contribution in [0.15, 0.2) is 59.7 Å². The van der Waals surface area contributed by atoms with Crippen LogP contribution in [0.25, 0.3) is 16.9 Å². The Morgan fingerprint density at radius 2 is 0.952 bits per heavy atom. The highest BCUT2D eigenvalue weighted by Gasteiger charge is 2.36. The van der Waals surface area contributed by atoms with E-state index >= 15 is 0 Å². The highest BCUT2D eigenvalue weighted by atomic mass is 16.1. The standard InChI is InChI=1S/C38H52N2O2/c1-5-7-9-11-12-14-24-36-35(23-13-10-8-6-2)37(33-21-17-15-19-31(33)27-25-29(3)41)40(39)38(36)34-22-18-16-20-32(34)28-26-30(4)42/h15-22H,5-14,23-28H2,1-4H3. The average Bonchev–Trinajstić information content (AvgIpc) is 3.25. The zero-order valence-electron chi connectivity index (χ0n) is 26.6. The third-order valence-corrected chi connectivity index (χ3v) is 8.46. The van der Waals surface area contributed by atoms with Crippen molar-refractivity contribution in [2.24, 2.45) is 0 Å². The summed E-state index contributed by atoms with van der Waals surface area (Å²) >= 11 is 0. The van der Waals surface area contributed by atoms with Crippen molar-refractivity contribution in [3.63, 3.8) is 0 Å². The second kappa shape index (κ2) is 17.7. The molecule has 1 aliphatic heterocycles. The Morgan fingerprint density at radius 3 is 1.38 bits per heavy atom. The number of hydrogen-bond acceptors (Lipinski definition) is 2. The third-order valence-electron chi connectivity index (χ3n) is 8.46. The van der Waals surface area contributed by atoms with Gasteiger partial charge in [0.25, 0.3) is 0 Å². The molecule has 226 valence electrons. The first-order chi connectivity index (χ1) is 20.4. The topological polar surface area (TPSA) is 59.4 Å². The number of hydrogen-bond donors (Lipinski definition) is 0. The maximum absolute atomic E-state index is 12.2. The van der Waals surface area contributed by atoms with E-state index in [1.165, 1.54) is 67.2 Å². The van der Waals surface area contributed by atoms with Crippen LogP contribution in [0.4, 0.5) is 0 Å². The number of unbranched alkanes of at least 4 members (excludes halogenated alkanes) is 8. The SMILES string of the molecule is CCCCCCCCC1=C(c2ccccc2CCC(C)=O)[N+](=[N-])C(c2ccccc2CCC(C)=O)=C1CCCCCC. The first kappa shape index (κ1) is 33.4. The quantitative estimate of drug-likeness (QED) is 0.118. The molecular weight excluding hydrogens is 516 g/mol. The smallest absolute Gasteiger partial charge is 0.211 e. The van der Waals surface area contributed by atoms with E-state index in [1.54, 1.807) is 13.8 Å². The summed E-state index contributed by atoms with van der Waals surface area (Å²) in [5, 5.41) is 0. The predicted molar refractivity (Wildman–Crippen MR) is 175 cm³/mol. The highest BCUT2D eigenvalue weighted by Crippen LogP contribution is 2.46. The summed E-state index contributed by atoms with van der Waals surface area (Å²) in [6.45, 7) is 7.78. The number of benzene rings is 2. The van der Waals surface area contributed by atoms with Crippen molar-refractivity contribution in [1.82, 2.24) is 0 Å². The first-order valence-corrected chi connectivity index (χ1v) is 16.5. The maximum Gasteiger partial charge on any atom is 0.211 e. The van der Waals surface area contributed by atoms with E-state index in [-0.39, 0.29) is 11.6 Å². The Morgan fingerprint density at radius 1 is 0.571 bits per heavy atom. The minimum absolute atomic E-state index is 0.174. The van der Waals surface area contributed by atoms with Gasteiger partial charge in [0.15, 0.2) is 0 Å². The van der Waals surface area contributed by atoms with Gasteiger partial charge in [-0.25, -0.2) is 4.70 Å². The number of rotatable bonds is 20. The summed E-state index contributed by atoms with van der Waals surface area (Å²) < 4.78 is 1.46. The van der Waals surface area contributed by atoms with Crippen LogP contribution in [-0.2, 0) is 22.4 Å². The summed E-state index contributed by atoms with van der Waals surface area (Å²) in [4.78, 5) is 23.9. The van der Waals surface area contributed by atoms with Crippen LogP contribution < -0.4 is 0 Å². The van der Waals surface area contributed by atoms with E-state index in [2.05, 4.69) is 38.1 Å². The van der Waals surface area contributed by atoms with Gasteiger partial charge < -0.3 is 15.1 Å². The minimum atomic E-state index is 0.174. The van der Waals surface area contributed by atoms with E-state index in [0.717, 1.165) is 59.3 Å². The van der Waals surface area contributed by atoms with Crippen LogP contribution in [-0.4, -0.2) is 16.3 Å². The van der Waals surface area contributed by atoms with Crippen molar-refractivity contribution in [2.45, 2.75) is 130 Å². The Hall–Kier alpha value is -3.14. The van der Waals surface area contributed by atoms with E-state index in [1.807, 2.05) is 24.3 Å². The molecule has 0 amide bonds. The number of allylic oxidation sites excluding steroid dienone is 2. The van der Waals surface area contributed by atoms with Gasteiger partial charge in [0.2, 0.25) is 11.4 Å². The van der Waals surface area contributed by atoms with Gasteiger partial charge in [0.05, 0.1) is 0 Å². The van der Waals surface area contributed by atoms with Gasteiger partial charge >= 0.3 is 0 Å². The van der Waals surface area contributed by atoms with Gasteiger partial charge in [-0.05, 0) is 75.6 Å². The molecule has 0 aliphatic carbocycles. The lowest BCUT2D eigenvalue weighted by Gasteiger charge is -2.15. The first-order valence-electron chi connectivity index (χ1n) is 16.5. The fourth-order valence-corrected chi connectivity index (χ4v) is 6.12. The van der Waals surface area contributed by atoms with Crippen molar-refractivity contribution in [3.8, 4) is 0 Å². The molecule has 42 heavy (non-hydrogen) atoms. The molecule has 1 heterocycles. The largest absolute Gasteiger partial charge is 0.493 e. The zero-order chi connectivity index (χ0) is 30.3. The normalized spacial score (nSPS) is 13.4. The molecule has 2 aromatic carbocycles. The molecule has 0 spiro atoms. The lowest BCUT2D eigenvalue weighted by atomic mass is 9.89. The molecule has 0 unspecified atom stereocenters. The van der Waals surface area contributed by atoms with Crippen LogP contribution in [0.1, 0.15) is 140 Å². The Balaban J connectivity index is 2.13. The number of aryl methyl sites for hydroxylation is 2. The van der Waals surface area contributed by atoms with Gasteiger partial charge in [-0.1, -0.05) is 102 Å². The summed E-state index contributed by atoms with van der Waals surface area (Å²) in [6, 6.07) is 16.5. The van der Waals surface area contributed by atoms with Crippen molar-refractivity contribution >= 4 is 23.0 Å². The summed E-state index contributed by atoms with van der Waals surface area (Å²) in [5.74, 6) is 0.348. The van der Waals surface area contributed by atoms with E-state index in [4.69, 9.17) is 0 Å². The lowest BCUT2D eigenvalue weighted by Crippen LogP contribution is -2.08. The summed E-state index contributed by atoms with van der Waals surface area (Å²) in [7, 11) is 0. The molecule has 0 radical (unpaired) electrons. The molecule has 0 saturated heterocycles. The molecular formula is C38H52N2O2. The van der Waals surface area contributed by atoms with Crippen molar-refractivity contribution < 1.29 is 14.3 Å². The number of carbonyl (C=O) groups excluding carboxylic acids is 2. The van der Waals surface area contributed by atoms with Gasteiger partial charge in [0.1, 0.15) is 11.6 Å². The van der Waals surface area contributed by atoms with Gasteiger partial charge in [-0.3, -0.25) is 0 Å². The van der Waals surface area contributed by atoms with Crippen LogP contribution in [0, 0.1) is 0 Å². The van der Waals surface area contributed by atoms with Crippen molar-refractivity contribution in [2.75, 3.05) is 0 Å². The number of nitrogens with zero attached hydrogens (tertiary/aromatic N) is 2. The van der Waals surface area contributed by atoms with Crippen molar-refractivity contribution in [3.05, 3.63) is 87.5 Å². The molecule has 4 nitrogen and oxygen atoms in total. The lowest BCUT2D eigenvalue weighted by molar-refractivity contribution is -0.345. The number of carbonyl (C=O) groups is 2. The molecule has 0 fully saturated rings. The fraction of sp³-hybridized carbons (Fsp3) is 0.526. The van der Waals surface area contributed by atoms with Gasteiger partial charge in [-0.15, -0.1) is 0 Å². The second-order valence-corrected chi connectivity index (χ2v) is 12.0. The van der Waals surface area contributed by atoms with Crippen LogP contribution in [0.5, 0.6) is 0 Å². The Kier molecular flexibility index (Phi) is 14.1. The van der Waals surface area contributed by atoms with E-state index in [0.29, 0.717) is 25.7 Å². The van der Waals surface area contributed by atoms with Crippen molar-refractivity contribution in [1.29, 1.82) is 0 Å². The molecule has 0 aromatic heterocycles. The minimum Gasteiger partial charge on any atom is -0.493 e. The second-order valence-electron chi connectivity index (χ2n) is 12.0. The maximum atomic E-state index is 12.2. The summed E-state index contributed by atoms with van der Waals surface area (Å²) in [5.41, 5.74) is 20.6. The van der Waals surface area contributed by atoms with Gasteiger partial charge in [-0.2, -0.15) is 0 Å². The Bertz CT molecular complexity index is 1280. The molecule has 1 aliphatic rings. The number of ketones is 2. The monoisotopic (exact) mass is 568 g/mol.